The second-order valence-electron chi connectivity index (χ2n) is 4.88. The molecule has 2 aromatic rings. The fourth-order valence-corrected chi connectivity index (χ4v) is 2.53. The first-order chi connectivity index (χ1) is 11.2. The van der Waals surface area contributed by atoms with Gasteiger partial charge in [-0.25, -0.2) is 9.98 Å². The molecular weight excluding hydrogens is 333 g/mol. The Morgan fingerprint density at radius 1 is 1.22 bits per heavy atom. The molecule has 23 heavy (non-hydrogen) atoms. The molecule has 0 atom stereocenters. The van der Waals surface area contributed by atoms with Crippen LogP contribution in [0.3, 0.4) is 0 Å². The minimum Gasteiger partial charge on any atom is -0.377 e. The molecule has 118 valence electrons. The van der Waals surface area contributed by atoms with Gasteiger partial charge in [-0.3, -0.25) is 4.99 Å². The van der Waals surface area contributed by atoms with Crippen molar-refractivity contribution in [1.29, 1.82) is 0 Å². The Labute approximate surface area is 144 Å². The van der Waals surface area contributed by atoms with E-state index in [0.717, 1.165) is 24.6 Å². The largest absolute Gasteiger partial charge is 0.377 e. The van der Waals surface area contributed by atoms with Gasteiger partial charge in [0.25, 0.3) is 0 Å². The van der Waals surface area contributed by atoms with E-state index in [1.165, 1.54) is 0 Å². The summed E-state index contributed by atoms with van der Waals surface area (Å²) in [5.74, 6) is 1.57. The molecule has 7 heteroatoms. The van der Waals surface area contributed by atoms with Crippen molar-refractivity contribution >= 4 is 46.9 Å². The zero-order chi connectivity index (χ0) is 16.1. The summed E-state index contributed by atoms with van der Waals surface area (Å²) < 4.78 is 0. The summed E-state index contributed by atoms with van der Waals surface area (Å²) in [5.41, 5.74) is 0.787. The van der Waals surface area contributed by atoms with Gasteiger partial charge < -0.3 is 10.2 Å². The molecule has 0 radical (unpaired) electrons. The van der Waals surface area contributed by atoms with E-state index in [-0.39, 0.29) is 0 Å². The Kier molecular flexibility index (Phi) is 5.10. The molecular formula is C16H15Cl2N5. The van der Waals surface area contributed by atoms with Crippen molar-refractivity contribution in [3.63, 3.8) is 0 Å². The van der Waals surface area contributed by atoms with E-state index < -0.39 is 0 Å². The molecule has 5 nitrogen and oxygen atoms in total. The lowest BCUT2D eigenvalue weighted by molar-refractivity contribution is 0.677. The first kappa shape index (κ1) is 15.8. The Morgan fingerprint density at radius 3 is 2.96 bits per heavy atom. The fraction of sp³-hybridized carbons (Fsp3) is 0.188. The molecule has 1 aliphatic heterocycles. The quantitative estimate of drug-likeness (QED) is 0.659. The van der Waals surface area contributed by atoms with Crippen LogP contribution in [0.25, 0.3) is 0 Å². The van der Waals surface area contributed by atoms with E-state index >= 15 is 0 Å². The highest BCUT2D eigenvalue weighted by Gasteiger charge is 2.15. The lowest BCUT2D eigenvalue weighted by atomic mass is 10.3. The summed E-state index contributed by atoms with van der Waals surface area (Å²) in [4.78, 5) is 15.0. The van der Waals surface area contributed by atoms with Gasteiger partial charge in [0.2, 0.25) is 0 Å². The molecule has 1 aliphatic rings. The maximum atomic E-state index is 6.17. The number of aromatic nitrogens is 1. The van der Waals surface area contributed by atoms with Gasteiger partial charge in [0.15, 0.2) is 5.82 Å². The minimum absolute atomic E-state index is 0.515. The Bertz CT molecular complexity index is 731. The van der Waals surface area contributed by atoms with Crippen LogP contribution in [0.15, 0.2) is 52.6 Å². The third kappa shape index (κ3) is 4.00. The van der Waals surface area contributed by atoms with Crippen molar-refractivity contribution in [2.45, 2.75) is 0 Å². The molecule has 0 amide bonds. The fourth-order valence-electron chi connectivity index (χ4n) is 2.16. The van der Waals surface area contributed by atoms with Crippen molar-refractivity contribution in [3.05, 3.63) is 52.6 Å². The van der Waals surface area contributed by atoms with Gasteiger partial charge in [-0.15, -0.1) is 0 Å². The standard InChI is InChI=1S/C16H15Cl2N5/c17-12-4-3-5-13(16(12)18)21-10-15-20-8-9-23(15)11-22-14-6-1-2-7-19-14/h1-7,11,21H,8-10H2. The van der Waals surface area contributed by atoms with Crippen LogP contribution < -0.4 is 5.32 Å². The van der Waals surface area contributed by atoms with E-state index in [2.05, 4.69) is 20.3 Å². The molecule has 0 spiro atoms. The average molecular weight is 348 g/mol. The van der Waals surface area contributed by atoms with Crippen LogP contribution in [-0.4, -0.2) is 41.7 Å². The van der Waals surface area contributed by atoms with E-state index in [0.29, 0.717) is 22.4 Å². The zero-order valence-corrected chi connectivity index (χ0v) is 13.8. The summed E-state index contributed by atoms with van der Waals surface area (Å²) in [6, 6.07) is 11.1. The number of anilines is 1. The number of aliphatic imine (C=N–C) groups is 2. The van der Waals surface area contributed by atoms with Gasteiger partial charge in [-0.05, 0) is 24.3 Å². The molecule has 1 aromatic heterocycles. The number of halogens is 2. The predicted octanol–water partition coefficient (Wildman–Crippen LogP) is 3.87. The molecule has 3 rings (SSSR count). The lowest BCUT2D eigenvalue weighted by Gasteiger charge is -2.16. The minimum atomic E-state index is 0.515. The van der Waals surface area contributed by atoms with Crippen LogP contribution in [0.2, 0.25) is 10.0 Å². The highest BCUT2D eigenvalue weighted by atomic mass is 35.5. The molecule has 2 heterocycles. The van der Waals surface area contributed by atoms with Crippen LogP contribution >= 0.6 is 23.2 Å². The van der Waals surface area contributed by atoms with Gasteiger partial charge >= 0.3 is 0 Å². The molecule has 0 unspecified atom stereocenters. The van der Waals surface area contributed by atoms with Crippen LogP contribution in [-0.2, 0) is 0 Å². The van der Waals surface area contributed by atoms with Gasteiger partial charge in [-0.2, -0.15) is 0 Å². The van der Waals surface area contributed by atoms with Crippen molar-refractivity contribution in [2.75, 3.05) is 25.0 Å². The van der Waals surface area contributed by atoms with Crippen LogP contribution in [0.1, 0.15) is 0 Å². The maximum absolute atomic E-state index is 6.17. The number of hydrogen-bond donors (Lipinski definition) is 1. The monoisotopic (exact) mass is 347 g/mol. The highest BCUT2D eigenvalue weighted by molar-refractivity contribution is 6.43. The predicted molar refractivity (Wildman–Crippen MR) is 96.3 cm³/mol. The number of benzene rings is 1. The number of nitrogens with one attached hydrogen (secondary N) is 1. The normalized spacial score (nSPS) is 14.3. The number of amidine groups is 1. The van der Waals surface area contributed by atoms with Crippen molar-refractivity contribution in [1.82, 2.24) is 9.88 Å². The number of hydrogen-bond acceptors (Lipinski definition) is 4. The second-order valence-corrected chi connectivity index (χ2v) is 5.66. The molecule has 0 fully saturated rings. The van der Waals surface area contributed by atoms with Gasteiger partial charge in [0.05, 0.1) is 35.2 Å². The van der Waals surface area contributed by atoms with E-state index in [1.54, 1.807) is 18.6 Å². The van der Waals surface area contributed by atoms with E-state index in [4.69, 9.17) is 23.2 Å². The first-order valence-electron chi connectivity index (χ1n) is 7.17. The number of rotatable bonds is 5. The summed E-state index contributed by atoms with van der Waals surface area (Å²) in [6.07, 6.45) is 3.48. The van der Waals surface area contributed by atoms with E-state index in [9.17, 15) is 0 Å². The molecule has 0 saturated carbocycles. The highest BCUT2D eigenvalue weighted by Crippen LogP contribution is 2.29. The summed E-state index contributed by atoms with van der Waals surface area (Å²) in [7, 11) is 0. The maximum Gasteiger partial charge on any atom is 0.153 e. The summed E-state index contributed by atoms with van der Waals surface area (Å²) in [5, 5.41) is 4.30. The van der Waals surface area contributed by atoms with Gasteiger partial charge in [-0.1, -0.05) is 35.3 Å². The SMILES string of the molecule is Clc1cccc(NCC2=NCCN2C=Nc2ccccn2)c1Cl. The summed E-state index contributed by atoms with van der Waals surface area (Å²) >= 11 is 12.2. The third-order valence-electron chi connectivity index (χ3n) is 3.33. The van der Waals surface area contributed by atoms with Crippen molar-refractivity contribution < 1.29 is 0 Å². The van der Waals surface area contributed by atoms with Crippen molar-refractivity contribution in [2.24, 2.45) is 9.98 Å². The van der Waals surface area contributed by atoms with Gasteiger partial charge in [0.1, 0.15) is 5.84 Å². The first-order valence-corrected chi connectivity index (χ1v) is 7.93. The lowest BCUT2D eigenvalue weighted by Crippen LogP contribution is -2.31. The summed E-state index contributed by atoms with van der Waals surface area (Å²) in [6.45, 7) is 2.10. The Balaban J connectivity index is 1.63. The smallest absolute Gasteiger partial charge is 0.153 e. The van der Waals surface area contributed by atoms with E-state index in [1.807, 2.05) is 35.2 Å². The molecule has 1 aromatic carbocycles. The molecule has 0 saturated heterocycles. The van der Waals surface area contributed by atoms with Crippen LogP contribution in [0.5, 0.6) is 0 Å². The van der Waals surface area contributed by atoms with Crippen LogP contribution in [0, 0.1) is 0 Å². The number of nitrogens with zero attached hydrogens (tertiary/aromatic N) is 4. The second kappa shape index (κ2) is 7.44. The zero-order valence-electron chi connectivity index (χ0n) is 12.3. The molecule has 1 N–H and O–H groups in total. The third-order valence-corrected chi connectivity index (χ3v) is 4.15. The van der Waals surface area contributed by atoms with Crippen LogP contribution in [0.4, 0.5) is 11.5 Å². The van der Waals surface area contributed by atoms with Crippen molar-refractivity contribution in [3.8, 4) is 0 Å². The molecule has 0 aliphatic carbocycles. The van der Waals surface area contributed by atoms with Gasteiger partial charge in [0, 0.05) is 12.7 Å². The molecule has 0 bridgehead atoms. The Morgan fingerprint density at radius 2 is 2.13 bits per heavy atom. The average Bonchev–Trinajstić information content (AvgIpc) is 3.03. The topological polar surface area (TPSA) is 52.9 Å². The number of pyridine rings is 1. The Hall–Kier alpha value is -2.11.